The molecule has 0 amide bonds. The predicted octanol–water partition coefficient (Wildman–Crippen LogP) is 1.38. The second kappa shape index (κ2) is 5.06. The number of imidazole rings is 1. The lowest BCUT2D eigenvalue weighted by molar-refractivity contribution is -0.385. The van der Waals surface area contributed by atoms with E-state index in [1.165, 1.54) is 15.6 Å². The third kappa shape index (κ3) is 2.11. The maximum absolute atomic E-state index is 11.4. The lowest BCUT2D eigenvalue weighted by atomic mass is 10.1. The van der Waals surface area contributed by atoms with E-state index in [1.54, 1.807) is 27.0 Å². The molecule has 9 nitrogen and oxygen atoms in total. The Kier molecular flexibility index (Phi) is 3.42. The van der Waals surface area contributed by atoms with Gasteiger partial charge in [-0.1, -0.05) is 13.8 Å². The Morgan fingerprint density at radius 1 is 1.38 bits per heavy atom. The van der Waals surface area contributed by atoms with E-state index in [0.717, 1.165) is 0 Å². The summed E-state index contributed by atoms with van der Waals surface area (Å²) in [4.78, 5) is 14.6. The highest BCUT2D eigenvalue weighted by molar-refractivity contribution is 5.55. The van der Waals surface area contributed by atoms with Crippen LogP contribution in [0, 0.1) is 32.8 Å². The van der Waals surface area contributed by atoms with Crippen LogP contribution in [-0.2, 0) is 7.05 Å². The lowest BCUT2D eigenvalue weighted by Gasteiger charge is -2.03. The summed E-state index contributed by atoms with van der Waals surface area (Å²) in [5.41, 5.74) is -0.0162. The molecular weight excluding hydrogens is 274 g/mol. The van der Waals surface area contributed by atoms with E-state index < -0.39 is 4.92 Å². The van der Waals surface area contributed by atoms with Crippen LogP contribution in [0.15, 0.2) is 6.33 Å². The zero-order chi connectivity index (χ0) is 15.7. The molecule has 0 atom stereocenters. The van der Waals surface area contributed by atoms with Crippen LogP contribution in [0.25, 0.3) is 5.82 Å². The molecule has 2 heterocycles. The minimum atomic E-state index is -0.537. The van der Waals surface area contributed by atoms with Gasteiger partial charge in [-0.05, 0) is 0 Å². The molecule has 9 heteroatoms. The fourth-order valence-corrected chi connectivity index (χ4v) is 2.06. The largest absolute Gasteiger partial charge is 0.335 e. The summed E-state index contributed by atoms with van der Waals surface area (Å²) in [5.74, 6) is -0.0518. The van der Waals surface area contributed by atoms with Crippen molar-refractivity contribution in [1.82, 2.24) is 19.3 Å². The van der Waals surface area contributed by atoms with E-state index in [2.05, 4.69) is 10.1 Å². The molecular formula is C12H11N7O2. The number of aromatic nitrogens is 4. The Bertz CT molecular complexity index is 801. The molecule has 0 fully saturated rings. The van der Waals surface area contributed by atoms with E-state index in [-0.39, 0.29) is 28.8 Å². The minimum Gasteiger partial charge on any atom is -0.267 e. The van der Waals surface area contributed by atoms with E-state index in [0.29, 0.717) is 5.69 Å². The van der Waals surface area contributed by atoms with Crippen LogP contribution < -0.4 is 0 Å². The van der Waals surface area contributed by atoms with Gasteiger partial charge in [0.05, 0.1) is 4.92 Å². The summed E-state index contributed by atoms with van der Waals surface area (Å²) in [5, 5.41) is 33.6. The fraction of sp³-hybridized carbons (Fsp3) is 0.333. The van der Waals surface area contributed by atoms with E-state index in [4.69, 9.17) is 10.5 Å². The molecule has 0 bridgehead atoms. The SMILES string of the molecule is CC(C)c1nn(C)c(-n2cnc(C#N)c2C#N)c1[N+](=O)[O-]. The summed E-state index contributed by atoms with van der Waals surface area (Å²) >= 11 is 0. The topological polar surface area (TPSA) is 126 Å². The maximum Gasteiger partial charge on any atom is 0.335 e. The van der Waals surface area contributed by atoms with Crippen molar-refractivity contribution in [2.75, 3.05) is 0 Å². The highest BCUT2D eigenvalue weighted by atomic mass is 16.6. The normalized spacial score (nSPS) is 10.4. The van der Waals surface area contributed by atoms with Crippen molar-refractivity contribution in [3.63, 3.8) is 0 Å². The smallest absolute Gasteiger partial charge is 0.267 e. The van der Waals surface area contributed by atoms with Gasteiger partial charge in [-0.3, -0.25) is 14.7 Å². The van der Waals surface area contributed by atoms with Crippen LogP contribution in [-0.4, -0.2) is 24.3 Å². The van der Waals surface area contributed by atoms with Crippen molar-refractivity contribution < 1.29 is 4.92 Å². The van der Waals surface area contributed by atoms with E-state index in [9.17, 15) is 10.1 Å². The van der Waals surface area contributed by atoms with Gasteiger partial charge in [0.25, 0.3) is 0 Å². The highest BCUT2D eigenvalue weighted by Crippen LogP contribution is 2.32. The molecule has 2 aromatic rings. The molecule has 0 aromatic carbocycles. The van der Waals surface area contributed by atoms with Gasteiger partial charge in [-0.2, -0.15) is 15.6 Å². The van der Waals surface area contributed by atoms with Crippen LogP contribution in [0.1, 0.15) is 36.8 Å². The molecule has 0 N–H and O–H groups in total. The molecule has 2 rings (SSSR count). The van der Waals surface area contributed by atoms with Crippen molar-refractivity contribution in [3.8, 4) is 18.0 Å². The van der Waals surface area contributed by atoms with Crippen LogP contribution in [0.5, 0.6) is 0 Å². The second-order valence-corrected chi connectivity index (χ2v) is 4.63. The molecule has 0 spiro atoms. The average Bonchev–Trinajstić information content (AvgIpc) is 2.98. The first-order chi connectivity index (χ1) is 9.92. The molecule has 0 aliphatic rings. The van der Waals surface area contributed by atoms with Gasteiger partial charge >= 0.3 is 5.69 Å². The Balaban J connectivity index is 2.83. The molecule has 0 aliphatic heterocycles. The van der Waals surface area contributed by atoms with Gasteiger partial charge in [0.1, 0.15) is 24.2 Å². The third-order valence-corrected chi connectivity index (χ3v) is 2.96. The summed E-state index contributed by atoms with van der Waals surface area (Å²) in [6.07, 6.45) is 1.21. The highest BCUT2D eigenvalue weighted by Gasteiger charge is 2.31. The average molecular weight is 285 g/mol. The first kappa shape index (κ1) is 14.2. The van der Waals surface area contributed by atoms with Crippen molar-refractivity contribution in [2.24, 2.45) is 7.05 Å². The number of nitro groups is 1. The molecule has 0 saturated carbocycles. The fourth-order valence-electron chi connectivity index (χ4n) is 2.06. The standard InChI is InChI=1S/C12H11N7O2/c1-7(2)10-11(19(20)21)12(17(3)16-10)18-6-15-8(4-13)9(18)5-14/h6-7H,1-3H3. The van der Waals surface area contributed by atoms with Gasteiger partial charge in [0, 0.05) is 13.0 Å². The van der Waals surface area contributed by atoms with Crippen LogP contribution >= 0.6 is 0 Å². The lowest BCUT2D eigenvalue weighted by Crippen LogP contribution is -2.06. The number of aryl methyl sites for hydroxylation is 1. The van der Waals surface area contributed by atoms with Gasteiger partial charge in [-0.25, -0.2) is 9.67 Å². The van der Waals surface area contributed by atoms with Crippen LogP contribution in [0.3, 0.4) is 0 Å². The predicted molar refractivity (Wildman–Crippen MR) is 70.5 cm³/mol. The number of rotatable bonds is 3. The Labute approximate surface area is 119 Å². The maximum atomic E-state index is 11.4. The van der Waals surface area contributed by atoms with Crippen molar-refractivity contribution in [1.29, 1.82) is 10.5 Å². The van der Waals surface area contributed by atoms with Crippen molar-refractivity contribution in [2.45, 2.75) is 19.8 Å². The monoisotopic (exact) mass is 285 g/mol. The molecule has 106 valence electrons. The molecule has 21 heavy (non-hydrogen) atoms. The zero-order valence-corrected chi connectivity index (χ0v) is 11.6. The van der Waals surface area contributed by atoms with E-state index >= 15 is 0 Å². The minimum absolute atomic E-state index is 0.0566. The van der Waals surface area contributed by atoms with Gasteiger partial charge in [-0.15, -0.1) is 0 Å². The van der Waals surface area contributed by atoms with Crippen molar-refractivity contribution in [3.05, 3.63) is 33.5 Å². The Hall–Kier alpha value is -3.20. The first-order valence-electron chi connectivity index (χ1n) is 6.01. The number of hydrogen-bond donors (Lipinski definition) is 0. The summed E-state index contributed by atoms with van der Waals surface area (Å²) in [6.45, 7) is 3.58. The Morgan fingerprint density at radius 3 is 2.52 bits per heavy atom. The summed E-state index contributed by atoms with van der Waals surface area (Å²) in [7, 11) is 1.54. The van der Waals surface area contributed by atoms with Gasteiger partial charge < -0.3 is 0 Å². The van der Waals surface area contributed by atoms with Gasteiger partial charge in [0.2, 0.25) is 5.82 Å². The van der Waals surface area contributed by atoms with Gasteiger partial charge in [0.15, 0.2) is 11.4 Å². The number of nitriles is 2. The van der Waals surface area contributed by atoms with Crippen LogP contribution in [0.4, 0.5) is 5.69 Å². The number of nitrogens with zero attached hydrogens (tertiary/aromatic N) is 7. The third-order valence-electron chi connectivity index (χ3n) is 2.96. The molecule has 0 unspecified atom stereocenters. The Morgan fingerprint density at radius 2 is 2.05 bits per heavy atom. The first-order valence-corrected chi connectivity index (χ1v) is 6.01. The molecule has 0 radical (unpaired) electrons. The van der Waals surface area contributed by atoms with Crippen molar-refractivity contribution >= 4 is 5.69 Å². The van der Waals surface area contributed by atoms with Crippen LogP contribution in [0.2, 0.25) is 0 Å². The molecule has 0 aliphatic carbocycles. The zero-order valence-electron chi connectivity index (χ0n) is 11.6. The summed E-state index contributed by atoms with van der Waals surface area (Å²) in [6, 6.07) is 3.62. The molecule has 2 aromatic heterocycles. The number of hydrogen-bond acceptors (Lipinski definition) is 6. The van der Waals surface area contributed by atoms with E-state index in [1.807, 2.05) is 6.07 Å². The molecule has 0 saturated heterocycles. The quantitative estimate of drug-likeness (QED) is 0.619. The summed E-state index contributed by atoms with van der Waals surface area (Å²) < 4.78 is 2.53. The second-order valence-electron chi connectivity index (χ2n) is 4.63.